The molecule has 2 rings (SSSR count). The molecule has 1 aromatic rings. The minimum atomic E-state index is 0. The molecule has 0 saturated carbocycles. The van der Waals surface area contributed by atoms with Gasteiger partial charge >= 0.3 is 0 Å². The van der Waals surface area contributed by atoms with Crippen LogP contribution in [0.1, 0.15) is 31.2 Å². The summed E-state index contributed by atoms with van der Waals surface area (Å²) in [6.45, 7) is 1.86. The number of halogens is 1. The van der Waals surface area contributed by atoms with Gasteiger partial charge in [0.2, 0.25) is 5.91 Å². The number of likely N-dealkylation sites (tertiary alicyclic amines) is 1. The molecule has 1 fully saturated rings. The van der Waals surface area contributed by atoms with Crippen LogP contribution in [-0.4, -0.2) is 37.0 Å². The van der Waals surface area contributed by atoms with Gasteiger partial charge in [-0.2, -0.15) is 0 Å². The normalized spacial score (nSPS) is 17.9. The number of rotatable bonds is 6. The lowest BCUT2D eigenvalue weighted by Crippen LogP contribution is -2.37. The van der Waals surface area contributed by atoms with Crippen molar-refractivity contribution in [3.8, 4) is 0 Å². The van der Waals surface area contributed by atoms with Crippen LogP contribution in [0.3, 0.4) is 0 Å². The third-order valence-corrected chi connectivity index (χ3v) is 3.83. The number of benzene rings is 1. The highest BCUT2D eigenvalue weighted by Gasteiger charge is 2.27. The molecular weight excluding hydrogens is 272 g/mol. The summed E-state index contributed by atoms with van der Waals surface area (Å²) in [5.74, 6) is 0.327. The molecule has 1 amide bonds. The fourth-order valence-corrected chi connectivity index (χ4v) is 2.82. The van der Waals surface area contributed by atoms with Gasteiger partial charge in [-0.15, -0.1) is 12.4 Å². The summed E-state index contributed by atoms with van der Waals surface area (Å²) >= 11 is 0. The van der Waals surface area contributed by atoms with E-state index in [9.17, 15) is 4.79 Å². The third kappa shape index (κ3) is 4.80. The lowest BCUT2D eigenvalue weighted by Gasteiger charge is -2.25. The molecule has 0 bridgehead atoms. The fourth-order valence-electron chi connectivity index (χ4n) is 2.82. The van der Waals surface area contributed by atoms with Gasteiger partial charge in [0.25, 0.3) is 0 Å². The molecule has 1 atom stereocenters. The Kier molecular flexibility index (Phi) is 7.63. The Hall–Kier alpha value is -1.06. The lowest BCUT2D eigenvalue weighted by atomic mass is 10.0. The molecule has 1 N–H and O–H groups in total. The first-order valence-electron chi connectivity index (χ1n) is 7.29. The van der Waals surface area contributed by atoms with Crippen LogP contribution >= 0.6 is 12.4 Å². The topological polar surface area (TPSA) is 32.3 Å². The SMILES string of the molecule is CNCCCC(=O)N1CCCC1Cc1ccccc1.Cl. The molecule has 1 saturated heterocycles. The summed E-state index contributed by atoms with van der Waals surface area (Å²) in [6, 6.07) is 10.9. The molecule has 1 unspecified atom stereocenters. The number of amides is 1. The van der Waals surface area contributed by atoms with Crippen molar-refractivity contribution in [1.82, 2.24) is 10.2 Å². The maximum absolute atomic E-state index is 12.2. The van der Waals surface area contributed by atoms with Crippen LogP contribution in [0.25, 0.3) is 0 Å². The first kappa shape index (κ1) is 17.0. The Labute approximate surface area is 128 Å². The van der Waals surface area contributed by atoms with E-state index >= 15 is 0 Å². The fraction of sp³-hybridized carbons (Fsp3) is 0.562. The van der Waals surface area contributed by atoms with Crippen molar-refractivity contribution in [2.75, 3.05) is 20.1 Å². The van der Waals surface area contributed by atoms with E-state index in [-0.39, 0.29) is 12.4 Å². The summed E-state index contributed by atoms with van der Waals surface area (Å²) in [5.41, 5.74) is 1.34. The summed E-state index contributed by atoms with van der Waals surface area (Å²) in [5, 5.41) is 3.09. The molecular formula is C16H25ClN2O. The van der Waals surface area contributed by atoms with Crippen molar-refractivity contribution < 1.29 is 4.79 Å². The van der Waals surface area contributed by atoms with Gasteiger partial charge in [-0.05, 0) is 44.8 Å². The van der Waals surface area contributed by atoms with Gasteiger partial charge in [0.1, 0.15) is 0 Å². The summed E-state index contributed by atoms with van der Waals surface area (Å²) in [4.78, 5) is 14.3. The van der Waals surface area contributed by atoms with Crippen LogP contribution in [0, 0.1) is 0 Å². The van der Waals surface area contributed by atoms with Crippen molar-refractivity contribution in [1.29, 1.82) is 0 Å². The first-order valence-corrected chi connectivity index (χ1v) is 7.29. The Morgan fingerprint density at radius 3 is 2.80 bits per heavy atom. The Balaban J connectivity index is 0.00000200. The summed E-state index contributed by atoms with van der Waals surface area (Å²) in [6.07, 6.45) is 4.90. The number of carbonyl (C=O) groups is 1. The highest BCUT2D eigenvalue weighted by molar-refractivity contribution is 5.85. The minimum Gasteiger partial charge on any atom is -0.339 e. The zero-order chi connectivity index (χ0) is 13.5. The van der Waals surface area contributed by atoms with Crippen LogP contribution in [0.2, 0.25) is 0 Å². The number of hydrogen-bond donors (Lipinski definition) is 1. The van der Waals surface area contributed by atoms with Gasteiger partial charge < -0.3 is 10.2 Å². The molecule has 3 nitrogen and oxygen atoms in total. The molecule has 112 valence electrons. The standard InChI is InChI=1S/C16H24N2O.ClH/c1-17-11-5-10-16(19)18-12-6-9-15(18)13-14-7-3-2-4-8-14;/h2-4,7-8,15,17H,5-6,9-13H2,1H3;1H. The van der Waals surface area contributed by atoms with E-state index in [4.69, 9.17) is 0 Å². The van der Waals surface area contributed by atoms with Crippen molar-refractivity contribution in [3.63, 3.8) is 0 Å². The van der Waals surface area contributed by atoms with E-state index in [2.05, 4.69) is 34.5 Å². The molecule has 0 spiro atoms. The largest absolute Gasteiger partial charge is 0.339 e. The molecule has 20 heavy (non-hydrogen) atoms. The van der Waals surface area contributed by atoms with Gasteiger partial charge in [-0.1, -0.05) is 30.3 Å². The van der Waals surface area contributed by atoms with E-state index in [0.717, 1.165) is 38.8 Å². The monoisotopic (exact) mass is 296 g/mol. The molecule has 1 heterocycles. The molecule has 4 heteroatoms. The Bertz CT molecular complexity index is 397. The molecule has 1 aromatic carbocycles. The van der Waals surface area contributed by atoms with E-state index < -0.39 is 0 Å². The highest BCUT2D eigenvalue weighted by Crippen LogP contribution is 2.22. The van der Waals surface area contributed by atoms with Crippen molar-refractivity contribution in [2.24, 2.45) is 0 Å². The minimum absolute atomic E-state index is 0. The molecule has 1 aliphatic heterocycles. The number of carbonyl (C=O) groups excluding carboxylic acids is 1. The van der Waals surface area contributed by atoms with Gasteiger partial charge in [0.15, 0.2) is 0 Å². The zero-order valence-electron chi connectivity index (χ0n) is 12.2. The maximum atomic E-state index is 12.2. The van der Waals surface area contributed by atoms with Crippen molar-refractivity contribution in [2.45, 2.75) is 38.1 Å². The Morgan fingerprint density at radius 2 is 2.10 bits per heavy atom. The summed E-state index contributed by atoms with van der Waals surface area (Å²) in [7, 11) is 1.93. The highest BCUT2D eigenvalue weighted by atomic mass is 35.5. The molecule has 0 aromatic heterocycles. The van der Waals surface area contributed by atoms with Crippen LogP contribution in [0.15, 0.2) is 30.3 Å². The maximum Gasteiger partial charge on any atom is 0.222 e. The van der Waals surface area contributed by atoms with Gasteiger partial charge in [0.05, 0.1) is 0 Å². The van der Waals surface area contributed by atoms with Crippen molar-refractivity contribution >= 4 is 18.3 Å². The van der Waals surface area contributed by atoms with Gasteiger partial charge in [-0.25, -0.2) is 0 Å². The second kappa shape index (κ2) is 8.98. The number of nitrogens with zero attached hydrogens (tertiary/aromatic N) is 1. The number of nitrogens with one attached hydrogen (secondary N) is 1. The van der Waals surface area contributed by atoms with E-state index in [1.165, 1.54) is 5.56 Å². The first-order chi connectivity index (χ1) is 9.31. The Morgan fingerprint density at radius 1 is 1.35 bits per heavy atom. The molecule has 1 aliphatic rings. The quantitative estimate of drug-likeness (QED) is 0.819. The predicted molar refractivity (Wildman–Crippen MR) is 85.3 cm³/mol. The second-order valence-corrected chi connectivity index (χ2v) is 5.28. The van der Waals surface area contributed by atoms with Crippen LogP contribution < -0.4 is 5.32 Å². The molecule has 0 radical (unpaired) electrons. The summed E-state index contributed by atoms with van der Waals surface area (Å²) < 4.78 is 0. The zero-order valence-corrected chi connectivity index (χ0v) is 13.0. The van der Waals surface area contributed by atoms with E-state index in [0.29, 0.717) is 18.4 Å². The van der Waals surface area contributed by atoms with Gasteiger partial charge in [0, 0.05) is 19.0 Å². The van der Waals surface area contributed by atoms with E-state index in [1.54, 1.807) is 0 Å². The van der Waals surface area contributed by atoms with Crippen LogP contribution in [-0.2, 0) is 11.2 Å². The van der Waals surface area contributed by atoms with Crippen LogP contribution in [0.4, 0.5) is 0 Å². The average molecular weight is 297 g/mol. The smallest absolute Gasteiger partial charge is 0.222 e. The lowest BCUT2D eigenvalue weighted by molar-refractivity contribution is -0.132. The number of hydrogen-bond acceptors (Lipinski definition) is 2. The predicted octanol–water partition coefficient (Wildman–Crippen LogP) is 2.64. The molecule has 0 aliphatic carbocycles. The van der Waals surface area contributed by atoms with E-state index in [1.807, 2.05) is 13.1 Å². The average Bonchev–Trinajstić information content (AvgIpc) is 2.88. The van der Waals surface area contributed by atoms with Gasteiger partial charge in [-0.3, -0.25) is 4.79 Å². The second-order valence-electron chi connectivity index (χ2n) is 5.28. The third-order valence-electron chi connectivity index (χ3n) is 3.83. The van der Waals surface area contributed by atoms with Crippen molar-refractivity contribution in [3.05, 3.63) is 35.9 Å². The van der Waals surface area contributed by atoms with Crippen LogP contribution in [0.5, 0.6) is 0 Å².